The van der Waals surface area contributed by atoms with Gasteiger partial charge < -0.3 is 0 Å². The molecule has 2 rings (SSSR count). The second-order valence-corrected chi connectivity index (χ2v) is 7.15. The van der Waals surface area contributed by atoms with Crippen LogP contribution in [0.5, 0.6) is 0 Å². The second kappa shape index (κ2) is 4.94. The molecule has 1 aromatic carbocycles. The van der Waals surface area contributed by atoms with Gasteiger partial charge in [-0.2, -0.15) is 0 Å². The van der Waals surface area contributed by atoms with Crippen LogP contribution >= 0.6 is 15.9 Å². The van der Waals surface area contributed by atoms with Crippen LogP contribution in [0.25, 0.3) is 0 Å². The lowest BCUT2D eigenvalue weighted by atomic mass is 9.98. The van der Waals surface area contributed by atoms with Gasteiger partial charge in [-0.3, -0.25) is 4.31 Å². The van der Waals surface area contributed by atoms with Crippen LogP contribution < -0.4 is 4.31 Å². The molecule has 0 aliphatic carbocycles. The minimum absolute atomic E-state index is 0.152. The van der Waals surface area contributed by atoms with Crippen molar-refractivity contribution in [3.8, 4) is 11.8 Å². The molecular formula is C13H14BrNO2S. The average Bonchev–Trinajstić information content (AvgIpc) is 2.64. The highest BCUT2D eigenvalue weighted by Gasteiger charge is 2.33. The number of hydrogen-bond donors (Lipinski definition) is 0. The largest absolute Gasteiger partial charge is 0.270 e. The third-order valence-electron chi connectivity index (χ3n) is 3.01. The molecule has 3 nitrogen and oxygen atoms in total. The fourth-order valence-electron chi connectivity index (χ4n) is 2.19. The van der Waals surface area contributed by atoms with Crippen molar-refractivity contribution < 1.29 is 8.42 Å². The Balaban J connectivity index is 2.47. The van der Waals surface area contributed by atoms with Crippen LogP contribution in [-0.4, -0.2) is 21.2 Å². The van der Waals surface area contributed by atoms with Crippen LogP contribution in [0.4, 0.5) is 5.69 Å². The second-order valence-electron chi connectivity index (χ2n) is 4.33. The maximum Gasteiger partial charge on any atom is 0.232 e. The lowest BCUT2D eigenvalue weighted by molar-refractivity contribution is 0.595. The summed E-state index contributed by atoms with van der Waals surface area (Å²) in [6.45, 7) is 2.28. The molecule has 1 heterocycles. The van der Waals surface area contributed by atoms with Gasteiger partial charge >= 0.3 is 0 Å². The Labute approximate surface area is 116 Å². The molecule has 0 bridgehead atoms. The zero-order chi connectivity index (χ0) is 13.3. The number of benzene rings is 1. The Morgan fingerprint density at radius 3 is 2.83 bits per heavy atom. The van der Waals surface area contributed by atoms with E-state index in [1.54, 1.807) is 6.92 Å². The summed E-state index contributed by atoms with van der Waals surface area (Å²) in [4.78, 5) is 0. The zero-order valence-corrected chi connectivity index (χ0v) is 12.7. The molecule has 0 aromatic heterocycles. The van der Waals surface area contributed by atoms with Gasteiger partial charge in [0, 0.05) is 23.4 Å². The maximum atomic E-state index is 11.8. The summed E-state index contributed by atoms with van der Waals surface area (Å²) >= 11 is 3.43. The first-order valence-corrected chi connectivity index (χ1v) is 8.24. The number of anilines is 1. The average molecular weight is 328 g/mol. The maximum absolute atomic E-state index is 11.8. The van der Waals surface area contributed by atoms with E-state index in [2.05, 4.69) is 27.8 Å². The summed E-state index contributed by atoms with van der Waals surface area (Å²) in [5.41, 5.74) is 1.83. The van der Waals surface area contributed by atoms with Gasteiger partial charge in [0.2, 0.25) is 10.0 Å². The molecule has 0 radical (unpaired) electrons. The van der Waals surface area contributed by atoms with Crippen LogP contribution in [0.15, 0.2) is 22.7 Å². The van der Waals surface area contributed by atoms with Crippen LogP contribution in [0, 0.1) is 11.8 Å². The van der Waals surface area contributed by atoms with E-state index in [4.69, 9.17) is 0 Å². The lowest BCUT2D eigenvalue weighted by Crippen LogP contribution is -2.28. The molecule has 0 N–H and O–H groups in total. The summed E-state index contributed by atoms with van der Waals surface area (Å²) in [5, 5.41) is 0. The van der Waals surface area contributed by atoms with Crippen molar-refractivity contribution in [3.63, 3.8) is 0 Å². The van der Waals surface area contributed by atoms with Crippen molar-refractivity contribution in [2.45, 2.75) is 19.3 Å². The third kappa shape index (κ3) is 2.55. The highest BCUT2D eigenvalue weighted by Crippen LogP contribution is 2.40. The van der Waals surface area contributed by atoms with Gasteiger partial charge in [0.15, 0.2) is 0 Å². The molecule has 0 fully saturated rings. The molecule has 1 aromatic rings. The molecule has 0 amide bonds. The van der Waals surface area contributed by atoms with E-state index < -0.39 is 10.0 Å². The molecule has 0 saturated carbocycles. The highest BCUT2D eigenvalue weighted by atomic mass is 79.9. The Kier molecular flexibility index (Phi) is 3.69. The van der Waals surface area contributed by atoms with Gasteiger partial charge in [0.05, 0.1) is 11.9 Å². The summed E-state index contributed by atoms with van der Waals surface area (Å²) in [5.74, 6) is 6.05. The fraction of sp³-hybridized carbons (Fsp3) is 0.385. The molecule has 1 aliphatic heterocycles. The molecule has 96 valence electrons. The standard InChI is InChI=1S/C13H14BrNO2S/c1-3-4-5-10-9-15(18(2,16)17)13-7-6-11(14)8-12(10)13/h6-8,10H,5,9H2,1-2H3. The molecule has 18 heavy (non-hydrogen) atoms. The Morgan fingerprint density at radius 2 is 2.22 bits per heavy atom. The van der Waals surface area contributed by atoms with E-state index in [1.165, 1.54) is 10.6 Å². The fourth-order valence-corrected chi connectivity index (χ4v) is 3.54. The van der Waals surface area contributed by atoms with Crippen molar-refractivity contribution in [3.05, 3.63) is 28.2 Å². The van der Waals surface area contributed by atoms with E-state index in [9.17, 15) is 8.42 Å². The topological polar surface area (TPSA) is 37.4 Å². The van der Waals surface area contributed by atoms with Crippen molar-refractivity contribution >= 4 is 31.6 Å². The van der Waals surface area contributed by atoms with E-state index in [-0.39, 0.29) is 5.92 Å². The first-order chi connectivity index (χ1) is 8.43. The number of sulfonamides is 1. The summed E-state index contributed by atoms with van der Waals surface area (Å²) in [6.07, 6.45) is 1.93. The Bertz CT molecular complexity index is 628. The van der Waals surface area contributed by atoms with E-state index in [0.717, 1.165) is 15.7 Å². The third-order valence-corrected chi connectivity index (χ3v) is 4.65. The van der Waals surface area contributed by atoms with Gasteiger partial charge in [-0.25, -0.2) is 8.42 Å². The van der Waals surface area contributed by atoms with Gasteiger partial charge in [-0.15, -0.1) is 11.8 Å². The number of fused-ring (bicyclic) bond motifs is 1. The van der Waals surface area contributed by atoms with Crippen molar-refractivity contribution in [1.82, 2.24) is 0 Å². The van der Waals surface area contributed by atoms with Gasteiger partial charge in [-0.1, -0.05) is 15.9 Å². The first kappa shape index (κ1) is 13.4. The number of halogens is 1. The van der Waals surface area contributed by atoms with Crippen molar-refractivity contribution in [2.75, 3.05) is 17.1 Å². The van der Waals surface area contributed by atoms with Crippen LogP contribution in [0.2, 0.25) is 0 Å². The quantitative estimate of drug-likeness (QED) is 0.783. The van der Waals surface area contributed by atoms with Crippen LogP contribution in [0.1, 0.15) is 24.8 Å². The van der Waals surface area contributed by atoms with Crippen molar-refractivity contribution in [1.29, 1.82) is 0 Å². The van der Waals surface area contributed by atoms with E-state index in [1.807, 2.05) is 18.2 Å². The molecule has 0 saturated heterocycles. The SMILES string of the molecule is CC#CCC1CN(S(C)(=O)=O)c2ccc(Br)cc21. The lowest BCUT2D eigenvalue weighted by Gasteiger charge is -2.16. The minimum Gasteiger partial charge on any atom is -0.270 e. The van der Waals surface area contributed by atoms with Crippen LogP contribution in [-0.2, 0) is 10.0 Å². The molecule has 1 aliphatic rings. The van der Waals surface area contributed by atoms with E-state index >= 15 is 0 Å². The molecular weight excluding hydrogens is 314 g/mol. The first-order valence-electron chi connectivity index (χ1n) is 5.60. The highest BCUT2D eigenvalue weighted by molar-refractivity contribution is 9.10. The number of nitrogens with zero attached hydrogens (tertiary/aromatic N) is 1. The zero-order valence-electron chi connectivity index (χ0n) is 10.3. The van der Waals surface area contributed by atoms with E-state index in [0.29, 0.717) is 13.0 Å². The smallest absolute Gasteiger partial charge is 0.232 e. The predicted octanol–water partition coefficient (Wildman–Crippen LogP) is 2.73. The number of rotatable bonds is 2. The monoisotopic (exact) mass is 327 g/mol. The summed E-state index contributed by atoms with van der Waals surface area (Å²) < 4.78 is 26.0. The minimum atomic E-state index is -3.22. The summed E-state index contributed by atoms with van der Waals surface area (Å²) in [7, 11) is -3.22. The van der Waals surface area contributed by atoms with Crippen molar-refractivity contribution in [2.24, 2.45) is 0 Å². The van der Waals surface area contributed by atoms with Gasteiger partial charge in [0.25, 0.3) is 0 Å². The van der Waals surface area contributed by atoms with Gasteiger partial charge in [0.1, 0.15) is 0 Å². The van der Waals surface area contributed by atoms with Crippen LogP contribution in [0.3, 0.4) is 0 Å². The Morgan fingerprint density at radius 1 is 1.50 bits per heavy atom. The molecule has 1 atom stereocenters. The Hall–Kier alpha value is -0.990. The molecule has 0 spiro atoms. The molecule has 1 unspecified atom stereocenters. The number of hydrogen-bond acceptors (Lipinski definition) is 2. The predicted molar refractivity (Wildman–Crippen MR) is 77.1 cm³/mol. The normalized spacial score (nSPS) is 18.2. The summed E-state index contributed by atoms with van der Waals surface area (Å²) in [6, 6.07) is 5.70. The molecule has 5 heteroatoms. The van der Waals surface area contributed by atoms with Gasteiger partial charge in [-0.05, 0) is 30.7 Å².